The van der Waals surface area contributed by atoms with E-state index < -0.39 is 0 Å². The van der Waals surface area contributed by atoms with Crippen LogP contribution in [0.2, 0.25) is 10.0 Å². The van der Waals surface area contributed by atoms with Crippen LogP contribution in [0.1, 0.15) is 5.56 Å². The molecule has 0 aliphatic carbocycles. The van der Waals surface area contributed by atoms with E-state index in [0.29, 0.717) is 42.0 Å². The van der Waals surface area contributed by atoms with Crippen molar-refractivity contribution in [1.82, 2.24) is 0 Å². The van der Waals surface area contributed by atoms with Gasteiger partial charge in [0.15, 0.2) is 10.9 Å². The molecular weight excluding hydrogens is 499 g/mol. The number of rotatable bonds is 6. The first-order valence-corrected chi connectivity index (χ1v) is 11.7. The monoisotopic (exact) mass is 514 g/mol. The fourth-order valence-electron chi connectivity index (χ4n) is 3.06. The molecule has 4 rings (SSSR count). The first-order valence-electron chi connectivity index (χ1n) is 9.71. The molecule has 2 amide bonds. The van der Waals surface area contributed by atoms with Crippen molar-refractivity contribution in [3.8, 4) is 5.75 Å². The Morgan fingerprint density at radius 2 is 1.79 bits per heavy atom. The van der Waals surface area contributed by atoms with Crippen LogP contribution in [0, 0.1) is 0 Å². The molecule has 0 unspecified atom stereocenters. The van der Waals surface area contributed by atoms with Gasteiger partial charge in [-0.3, -0.25) is 14.5 Å². The molecule has 0 bridgehead atoms. The molecule has 0 aromatic heterocycles. The standard InChI is InChI=1S/C24H16Cl2N2O3S2/c25-16-8-10-19(11-9-16)28-23(30)21(33-24(28)32)12-15-4-1-2-7-20(15)31-14-22(29)27-18-6-3-5-17(26)13-18/h1-13H,14H2,(H,27,29)/b21-12-. The fraction of sp³-hybridized carbons (Fsp3) is 0.0417. The summed E-state index contributed by atoms with van der Waals surface area (Å²) < 4.78 is 6.15. The summed E-state index contributed by atoms with van der Waals surface area (Å²) in [6.45, 7) is -0.205. The van der Waals surface area contributed by atoms with Gasteiger partial charge in [-0.15, -0.1) is 0 Å². The number of ether oxygens (including phenoxy) is 1. The molecule has 0 atom stereocenters. The molecule has 0 radical (unpaired) electrons. The van der Waals surface area contributed by atoms with Crippen LogP contribution in [-0.2, 0) is 9.59 Å². The minimum atomic E-state index is -0.332. The number of thioether (sulfide) groups is 1. The number of carbonyl (C=O) groups excluding carboxylic acids is 2. The van der Waals surface area contributed by atoms with Crippen molar-refractivity contribution in [2.45, 2.75) is 0 Å². The van der Waals surface area contributed by atoms with Gasteiger partial charge in [-0.05, 0) is 54.6 Å². The summed E-state index contributed by atoms with van der Waals surface area (Å²) in [5, 5.41) is 3.83. The van der Waals surface area contributed by atoms with Crippen LogP contribution in [0.4, 0.5) is 11.4 Å². The summed E-state index contributed by atoms with van der Waals surface area (Å²) in [6.07, 6.45) is 1.71. The molecule has 9 heteroatoms. The number of carbonyl (C=O) groups is 2. The third kappa shape index (κ3) is 5.75. The first kappa shape index (κ1) is 23.3. The van der Waals surface area contributed by atoms with E-state index in [1.807, 2.05) is 6.07 Å². The lowest BCUT2D eigenvalue weighted by Crippen LogP contribution is -2.27. The highest BCUT2D eigenvalue weighted by molar-refractivity contribution is 8.27. The maximum atomic E-state index is 13.0. The van der Waals surface area contributed by atoms with Gasteiger partial charge in [0.2, 0.25) is 0 Å². The van der Waals surface area contributed by atoms with E-state index in [1.165, 1.54) is 16.7 Å². The van der Waals surface area contributed by atoms with Crippen LogP contribution in [0.15, 0.2) is 77.7 Å². The molecule has 1 N–H and O–H groups in total. The van der Waals surface area contributed by atoms with Gasteiger partial charge < -0.3 is 10.1 Å². The number of hydrogen-bond acceptors (Lipinski definition) is 5. The van der Waals surface area contributed by atoms with E-state index in [4.69, 9.17) is 40.2 Å². The van der Waals surface area contributed by atoms with Crippen LogP contribution in [-0.4, -0.2) is 22.7 Å². The highest BCUT2D eigenvalue weighted by Crippen LogP contribution is 2.37. The lowest BCUT2D eigenvalue weighted by atomic mass is 10.2. The van der Waals surface area contributed by atoms with E-state index in [-0.39, 0.29) is 18.4 Å². The number of nitrogens with zero attached hydrogens (tertiary/aromatic N) is 1. The summed E-state index contributed by atoms with van der Waals surface area (Å²) in [4.78, 5) is 27.2. The van der Waals surface area contributed by atoms with Crippen LogP contribution in [0.25, 0.3) is 6.08 Å². The average Bonchev–Trinajstić information content (AvgIpc) is 3.06. The van der Waals surface area contributed by atoms with Crippen molar-refractivity contribution in [2.24, 2.45) is 0 Å². The van der Waals surface area contributed by atoms with Gasteiger partial charge in [0.25, 0.3) is 11.8 Å². The van der Waals surface area contributed by atoms with Gasteiger partial charge in [0.05, 0.1) is 10.6 Å². The number of halogens is 2. The summed E-state index contributed by atoms with van der Waals surface area (Å²) in [6, 6.07) is 20.9. The molecule has 0 saturated carbocycles. The largest absolute Gasteiger partial charge is 0.483 e. The highest BCUT2D eigenvalue weighted by atomic mass is 35.5. The summed E-state index contributed by atoms with van der Waals surface area (Å²) in [5.74, 6) is -0.0996. The molecule has 1 aliphatic rings. The molecular formula is C24H16Cl2N2O3S2. The Morgan fingerprint density at radius 1 is 1.03 bits per heavy atom. The molecule has 1 heterocycles. The molecule has 1 saturated heterocycles. The fourth-order valence-corrected chi connectivity index (χ4v) is 4.67. The third-order valence-electron chi connectivity index (χ3n) is 4.55. The molecule has 5 nitrogen and oxygen atoms in total. The van der Waals surface area contributed by atoms with Gasteiger partial charge in [-0.25, -0.2) is 0 Å². The minimum absolute atomic E-state index is 0.205. The molecule has 3 aromatic carbocycles. The summed E-state index contributed by atoms with van der Waals surface area (Å²) in [5.41, 5.74) is 1.88. The Hall–Kier alpha value is -2.84. The Morgan fingerprint density at radius 3 is 2.55 bits per heavy atom. The number of thiocarbonyl (C=S) groups is 1. The second-order valence-corrected chi connectivity index (χ2v) is 9.43. The maximum absolute atomic E-state index is 13.0. The molecule has 1 fully saturated rings. The van der Waals surface area contributed by atoms with E-state index in [1.54, 1.807) is 72.8 Å². The van der Waals surface area contributed by atoms with Gasteiger partial charge >= 0.3 is 0 Å². The third-order valence-corrected chi connectivity index (χ3v) is 6.34. The van der Waals surface area contributed by atoms with Crippen LogP contribution in [0.5, 0.6) is 5.75 Å². The normalized spacial score (nSPS) is 14.6. The SMILES string of the molecule is O=C(COc1ccccc1/C=C1\SC(=S)N(c2ccc(Cl)cc2)C1=O)Nc1cccc(Cl)c1. The van der Waals surface area contributed by atoms with Crippen molar-refractivity contribution in [3.63, 3.8) is 0 Å². The molecule has 166 valence electrons. The summed E-state index contributed by atoms with van der Waals surface area (Å²) in [7, 11) is 0. The lowest BCUT2D eigenvalue weighted by molar-refractivity contribution is -0.118. The minimum Gasteiger partial charge on any atom is -0.483 e. The van der Waals surface area contributed by atoms with E-state index in [0.717, 1.165) is 0 Å². The van der Waals surface area contributed by atoms with Gasteiger partial charge in [0, 0.05) is 21.3 Å². The van der Waals surface area contributed by atoms with E-state index in [9.17, 15) is 9.59 Å². The molecule has 1 aliphatic heterocycles. The topological polar surface area (TPSA) is 58.6 Å². The Kier molecular flexibility index (Phi) is 7.35. The lowest BCUT2D eigenvalue weighted by Gasteiger charge is -2.14. The van der Waals surface area contributed by atoms with Gasteiger partial charge in [-0.1, -0.05) is 71.4 Å². The van der Waals surface area contributed by atoms with Gasteiger partial charge in [0.1, 0.15) is 5.75 Å². The number of nitrogens with one attached hydrogen (secondary N) is 1. The van der Waals surface area contributed by atoms with Crippen molar-refractivity contribution in [2.75, 3.05) is 16.8 Å². The Bertz CT molecular complexity index is 1260. The zero-order valence-electron chi connectivity index (χ0n) is 17.0. The highest BCUT2D eigenvalue weighted by Gasteiger charge is 2.33. The zero-order valence-corrected chi connectivity index (χ0v) is 20.1. The maximum Gasteiger partial charge on any atom is 0.270 e. The number of hydrogen-bond donors (Lipinski definition) is 1. The predicted octanol–water partition coefficient (Wildman–Crippen LogP) is 6.42. The Balaban J connectivity index is 1.48. The second-order valence-electron chi connectivity index (χ2n) is 6.88. The van der Waals surface area contributed by atoms with Gasteiger partial charge in [-0.2, -0.15) is 0 Å². The number of para-hydroxylation sites is 1. The number of benzene rings is 3. The molecule has 3 aromatic rings. The van der Waals surface area contributed by atoms with E-state index in [2.05, 4.69) is 5.32 Å². The van der Waals surface area contributed by atoms with Crippen LogP contribution < -0.4 is 15.0 Å². The average molecular weight is 515 g/mol. The van der Waals surface area contributed by atoms with E-state index >= 15 is 0 Å². The predicted molar refractivity (Wildman–Crippen MR) is 139 cm³/mol. The van der Waals surface area contributed by atoms with Crippen molar-refractivity contribution < 1.29 is 14.3 Å². The molecule has 33 heavy (non-hydrogen) atoms. The first-order chi connectivity index (χ1) is 15.9. The van der Waals surface area contributed by atoms with Crippen LogP contribution >= 0.6 is 47.2 Å². The smallest absolute Gasteiger partial charge is 0.270 e. The second kappa shape index (κ2) is 10.4. The van der Waals surface area contributed by atoms with Crippen LogP contribution in [0.3, 0.4) is 0 Å². The summed E-state index contributed by atoms with van der Waals surface area (Å²) >= 11 is 18.5. The van der Waals surface area contributed by atoms with Crippen molar-refractivity contribution in [3.05, 3.63) is 93.3 Å². The number of amides is 2. The zero-order chi connectivity index (χ0) is 23.4. The quantitative estimate of drug-likeness (QED) is 0.304. The molecule has 0 spiro atoms. The van der Waals surface area contributed by atoms with Crippen molar-refractivity contribution >= 4 is 80.8 Å². The Labute approximate surface area is 210 Å². The number of anilines is 2. The van der Waals surface area contributed by atoms with Crippen molar-refractivity contribution in [1.29, 1.82) is 0 Å².